The summed E-state index contributed by atoms with van der Waals surface area (Å²) >= 11 is 0. The molecule has 0 aliphatic carbocycles. The van der Waals surface area contributed by atoms with Gasteiger partial charge in [-0.3, -0.25) is 4.79 Å². The van der Waals surface area contributed by atoms with Gasteiger partial charge in [0.1, 0.15) is 0 Å². The first-order chi connectivity index (χ1) is 11.1. The summed E-state index contributed by atoms with van der Waals surface area (Å²) < 4.78 is 34.5. The van der Waals surface area contributed by atoms with Crippen LogP contribution in [0.15, 0.2) is 18.2 Å². The molecule has 1 unspecified atom stereocenters. The van der Waals surface area contributed by atoms with E-state index in [2.05, 4.69) is 15.4 Å². The van der Waals surface area contributed by atoms with Crippen LogP contribution in [0.1, 0.15) is 25.3 Å². The topological polar surface area (TPSA) is 59.6 Å². The zero-order valence-corrected chi connectivity index (χ0v) is 14.3. The van der Waals surface area contributed by atoms with Gasteiger partial charge in [0.15, 0.2) is 11.5 Å². The molecule has 1 amide bonds. The van der Waals surface area contributed by atoms with Crippen LogP contribution in [-0.2, 0) is 11.3 Å². The van der Waals surface area contributed by atoms with Crippen LogP contribution in [0.3, 0.4) is 0 Å². The molecule has 0 saturated carbocycles. The van der Waals surface area contributed by atoms with Crippen LogP contribution in [0.25, 0.3) is 0 Å². The summed E-state index contributed by atoms with van der Waals surface area (Å²) in [5.41, 5.74) is 0.771. The first-order valence-electron chi connectivity index (χ1n) is 7.79. The maximum atomic E-state index is 12.4. The Morgan fingerprint density at radius 2 is 2.21 bits per heavy atom. The third kappa shape index (κ3) is 6.13. The second kappa shape index (κ2) is 10.3. The third-order valence-electron chi connectivity index (χ3n) is 3.66. The Bertz CT molecular complexity index is 526. The summed E-state index contributed by atoms with van der Waals surface area (Å²) in [5, 5.41) is 6.07. The maximum Gasteiger partial charge on any atom is 0.387 e. The smallest absolute Gasteiger partial charge is 0.387 e. The van der Waals surface area contributed by atoms with E-state index in [1.807, 2.05) is 0 Å². The average Bonchev–Trinajstić information content (AvgIpc) is 2.55. The molecular formula is C16H23ClF2N2O3. The van der Waals surface area contributed by atoms with Gasteiger partial charge in [-0.25, -0.2) is 0 Å². The Morgan fingerprint density at radius 1 is 1.42 bits per heavy atom. The van der Waals surface area contributed by atoms with Crippen LogP contribution in [0.4, 0.5) is 8.78 Å². The second-order valence-electron chi connectivity index (χ2n) is 5.35. The number of rotatable bonds is 7. The molecular weight excluding hydrogens is 342 g/mol. The number of hydrogen-bond donors (Lipinski definition) is 2. The summed E-state index contributed by atoms with van der Waals surface area (Å²) in [5.74, 6) is 0.229. The molecule has 1 atom stereocenters. The van der Waals surface area contributed by atoms with Crippen molar-refractivity contribution < 1.29 is 23.0 Å². The summed E-state index contributed by atoms with van der Waals surface area (Å²) in [4.78, 5) is 12.1. The van der Waals surface area contributed by atoms with Gasteiger partial charge in [0.05, 0.1) is 12.5 Å². The van der Waals surface area contributed by atoms with Gasteiger partial charge >= 0.3 is 6.61 Å². The molecule has 1 aromatic carbocycles. The maximum absolute atomic E-state index is 12.4. The van der Waals surface area contributed by atoms with Crippen molar-refractivity contribution in [2.24, 2.45) is 5.92 Å². The minimum atomic E-state index is -2.90. The highest BCUT2D eigenvalue weighted by Crippen LogP contribution is 2.29. The minimum Gasteiger partial charge on any atom is -0.490 e. The average molecular weight is 365 g/mol. The Kier molecular flexibility index (Phi) is 8.78. The molecule has 1 aliphatic heterocycles. The molecule has 1 aliphatic rings. The van der Waals surface area contributed by atoms with Gasteiger partial charge in [0.2, 0.25) is 5.91 Å². The van der Waals surface area contributed by atoms with Crippen molar-refractivity contribution >= 4 is 18.3 Å². The van der Waals surface area contributed by atoms with Gasteiger partial charge in [-0.2, -0.15) is 8.78 Å². The predicted octanol–water partition coefficient (Wildman–Crippen LogP) is 2.72. The van der Waals surface area contributed by atoms with Gasteiger partial charge in [0.25, 0.3) is 0 Å². The fourth-order valence-electron chi connectivity index (χ4n) is 2.53. The Labute approximate surface area is 146 Å². The lowest BCUT2D eigenvalue weighted by Gasteiger charge is -2.22. The SMILES string of the molecule is CCOc1cc(CNC(=O)C2CCCNC2)ccc1OC(F)F.Cl. The highest BCUT2D eigenvalue weighted by atomic mass is 35.5. The van der Waals surface area contributed by atoms with Crippen molar-refractivity contribution in [3.63, 3.8) is 0 Å². The molecule has 1 fully saturated rings. The Hall–Kier alpha value is -1.60. The van der Waals surface area contributed by atoms with Crippen molar-refractivity contribution in [1.82, 2.24) is 10.6 Å². The summed E-state index contributed by atoms with van der Waals surface area (Å²) in [6, 6.07) is 4.68. The number of piperidine rings is 1. The monoisotopic (exact) mass is 364 g/mol. The van der Waals surface area contributed by atoms with Gasteiger partial charge in [-0.15, -0.1) is 12.4 Å². The molecule has 2 N–H and O–H groups in total. The zero-order valence-electron chi connectivity index (χ0n) is 13.5. The van der Waals surface area contributed by atoms with E-state index < -0.39 is 6.61 Å². The second-order valence-corrected chi connectivity index (χ2v) is 5.35. The fourth-order valence-corrected chi connectivity index (χ4v) is 2.53. The van der Waals surface area contributed by atoms with E-state index in [0.29, 0.717) is 19.7 Å². The highest BCUT2D eigenvalue weighted by Gasteiger charge is 2.20. The number of halogens is 3. The van der Waals surface area contributed by atoms with E-state index in [-0.39, 0.29) is 35.7 Å². The third-order valence-corrected chi connectivity index (χ3v) is 3.66. The van der Waals surface area contributed by atoms with E-state index in [9.17, 15) is 13.6 Å². The standard InChI is InChI=1S/C16H22F2N2O3.ClH/c1-2-22-14-8-11(5-6-13(14)23-16(17)18)9-20-15(21)12-4-3-7-19-10-12;/h5-6,8,12,16,19H,2-4,7,9-10H2,1H3,(H,20,21);1H. The largest absolute Gasteiger partial charge is 0.490 e. The van der Waals surface area contributed by atoms with Crippen molar-refractivity contribution in [2.75, 3.05) is 19.7 Å². The first kappa shape index (κ1) is 20.4. The molecule has 1 heterocycles. The summed E-state index contributed by atoms with van der Waals surface area (Å²) in [6.45, 7) is 1.16. The number of ether oxygens (including phenoxy) is 2. The van der Waals surface area contributed by atoms with Gasteiger partial charge in [-0.05, 0) is 44.0 Å². The van der Waals surface area contributed by atoms with Gasteiger partial charge in [0, 0.05) is 13.1 Å². The first-order valence-corrected chi connectivity index (χ1v) is 7.79. The number of hydrogen-bond acceptors (Lipinski definition) is 4. The highest BCUT2D eigenvalue weighted by molar-refractivity contribution is 5.85. The molecule has 24 heavy (non-hydrogen) atoms. The fraction of sp³-hybridized carbons (Fsp3) is 0.562. The van der Waals surface area contributed by atoms with Crippen molar-refractivity contribution in [3.8, 4) is 11.5 Å². The number of carbonyl (C=O) groups is 1. The van der Waals surface area contributed by atoms with Crippen LogP contribution in [0.2, 0.25) is 0 Å². The van der Waals surface area contributed by atoms with E-state index in [1.165, 1.54) is 6.07 Å². The quantitative estimate of drug-likeness (QED) is 0.781. The van der Waals surface area contributed by atoms with Crippen LogP contribution >= 0.6 is 12.4 Å². The lowest BCUT2D eigenvalue weighted by atomic mass is 9.99. The Morgan fingerprint density at radius 3 is 2.83 bits per heavy atom. The van der Waals surface area contributed by atoms with Crippen LogP contribution in [0.5, 0.6) is 11.5 Å². The van der Waals surface area contributed by atoms with E-state index in [0.717, 1.165) is 24.9 Å². The predicted molar refractivity (Wildman–Crippen MR) is 88.9 cm³/mol. The van der Waals surface area contributed by atoms with Crippen molar-refractivity contribution in [1.29, 1.82) is 0 Å². The van der Waals surface area contributed by atoms with Crippen LogP contribution < -0.4 is 20.1 Å². The molecule has 0 spiro atoms. The molecule has 5 nitrogen and oxygen atoms in total. The zero-order chi connectivity index (χ0) is 16.7. The Balaban J connectivity index is 0.00000288. The molecule has 136 valence electrons. The molecule has 8 heteroatoms. The van der Waals surface area contributed by atoms with Gasteiger partial charge in [-0.1, -0.05) is 6.07 Å². The molecule has 0 bridgehead atoms. The molecule has 2 rings (SSSR count). The normalized spacial score (nSPS) is 17.1. The van der Waals surface area contributed by atoms with Crippen molar-refractivity contribution in [2.45, 2.75) is 32.9 Å². The lowest BCUT2D eigenvalue weighted by molar-refractivity contribution is -0.125. The summed E-state index contributed by atoms with van der Waals surface area (Å²) in [6.07, 6.45) is 1.87. The molecule has 0 aromatic heterocycles. The van der Waals surface area contributed by atoms with Crippen LogP contribution in [-0.4, -0.2) is 32.2 Å². The number of alkyl halides is 2. The number of benzene rings is 1. The van der Waals surface area contributed by atoms with Gasteiger partial charge < -0.3 is 20.1 Å². The molecule has 1 aromatic rings. The number of carbonyl (C=O) groups excluding carboxylic acids is 1. The van der Waals surface area contributed by atoms with E-state index in [1.54, 1.807) is 19.1 Å². The lowest BCUT2D eigenvalue weighted by Crippen LogP contribution is -2.40. The van der Waals surface area contributed by atoms with E-state index >= 15 is 0 Å². The number of amides is 1. The van der Waals surface area contributed by atoms with Crippen LogP contribution in [0, 0.1) is 5.92 Å². The summed E-state index contributed by atoms with van der Waals surface area (Å²) in [7, 11) is 0. The number of nitrogens with one attached hydrogen (secondary N) is 2. The minimum absolute atomic E-state index is 0. The molecule has 0 radical (unpaired) electrons. The molecule has 1 saturated heterocycles. The van der Waals surface area contributed by atoms with E-state index in [4.69, 9.17) is 4.74 Å². The van der Waals surface area contributed by atoms with Crippen molar-refractivity contribution in [3.05, 3.63) is 23.8 Å².